The molecule has 1 N–H and O–H groups in total. The maximum absolute atomic E-state index is 13.3. The molecule has 0 saturated heterocycles. The number of hydrogen-bond acceptors (Lipinski definition) is 5. The van der Waals surface area contributed by atoms with Crippen molar-refractivity contribution < 1.29 is 19.4 Å². The minimum atomic E-state index is -0.674. The Labute approximate surface area is 207 Å². The molecule has 4 aromatic rings. The first-order valence-corrected chi connectivity index (χ1v) is 12.2. The highest BCUT2D eigenvalue weighted by atomic mass is 32.1. The van der Waals surface area contributed by atoms with Crippen molar-refractivity contribution in [3.63, 3.8) is 0 Å². The van der Waals surface area contributed by atoms with Crippen LogP contribution in [0.1, 0.15) is 22.9 Å². The molecule has 1 atom stereocenters. The predicted octanol–water partition coefficient (Wildman–Crippen LogP) is 6.64. The first-order chi connectivity index (χ1) is 17.1. The topological polar surface area (TPSA) is 66.8 Å². The number of rotatable bonds is 8. The van der Waals surface area contributed by atoms with Crippen LogP contribution in [0.3, 0.4) is 0 Å². The minimum absolute atomic E-state index is 0.151. The fourth-order valence-corrected chi connectivity index (χ4v) is 5.03. The van der Waals surface area contributed by atoms with Crippen molar-refractivity contribution in [2.45, 2.75) is 18.9 Å². The van der Waals surface area contributed by atoms with Gasteiger partial charge in [0, 0.05) is 17.0 Å². The van der Waals surface area contributed by atoms with E-state index in [-0.39, 0.29) is 17.8 Å². The molecule has 1 amide bonds. The van der Waals surface area contributed by atoms with Crippen molar-refractivity contribution in [1.29, 1.82) is 0 Å². The van der Waals surface area contributed by atoms with Crippen molar-refractivity contribution in [1.82, 2.24) is 0 Å². The molecule has 0 fully saturated rings. The Morgan fingerprint density at radius 2 is 1.51 bits per heavy atom. The molecule has 1 aromatic heterocycles. The van der Waals surface area contributed by atoms with Gasteiger partial charge >= 0.3 is 0 Å². The second-order valence-electron chi connectivity index (χ2n) is 8.17. The maximum atomic E-state index is 13.3. The van der Waals surface area contributed by atoms with E-state index in [1.807, 2.05) is 78.2 Å². The number of carbonyl (C=O) groups excluding carboxylic acids is 2. The minimum Gasteiger partial charge on any atom is -0.503 e. The summed E-state index contributed by atoms with van der Waals surface area (Å²) >= 11 is 1.45. The number of hydrogen-bond donors (Lipinski definition) is 1. The van der Waals surface area contributed by atoms with Crippen LogP contribution in [0.4, 0.5) is 5.69 Å². The summed E-state index contributed by atoms with van der Waals surface area (Å²) in [5, 5.41) is 12.7. The fraction of sp³-hybridized carbons (Fsp3) is 0.103. The van der Waals surface area contributed by atoms with Crippen LogP contribution in [0.25, 0.3) is 0 Å². The molecule has 0 aliphatic carbocycles. The molecule has 0 radical (unpaired) electrons. The molecule has 3 aromatic carbocycles. The normalized spacial score (nSPS) is 15.5. The summed E-state index contributed by atoms with van der Waals surface area (Å²) in [4.78, 5) is 28.8. The predicted molar refractivity (Wildman–Crippen MR) is 137 cm³/mol. The Bertz CT molecular complexity index is 1350. The summed E-state index contributed by atoms with van der Waals surface area (Å²) in [5.74, 6) is 0.0362. The SMILES string of the molecule is O=C(CCc1ccccc1)C1=C(O)C(=O)N(c2ccc(Oc3ccccc3)cc2)C1c1cccs1. The summed E-state index contributed by atoms with van der Waals surface area (Å²) < 4.78 is 5.86. The molecule has 2 heterocycles. The Hall–Kier alpha value is -4.16. The molecule has 5 rings (SSSR count). The molecule has 0 spiro atoms. The van der Waals surface area contributed by atoms with Gasteiger partial charge in [-0.25, -0.2) is 0 Å². The van der Waals surface area contributed by atoms with E-state index in [9.17, 15) is 14.7 Å². The van der Waals surface area contributed by atoms with Gasteiger partial charge in [-0.2, -0.15) is 0 Å². The number of carbonyl (C=O) groups is 2. The number of ketones is 1. The smallest absolute Gasteiger partial charge is 0.294 e. The van der Waals surface area contributed by atoms with Crippen LogP contribution in [0.15, 0.2) is 114 Å². The molecular formula is C29H23NO4S. The number of nitrogens with zero attached hydrogens (tertiary/aromatic N) is 1. The van der Waals surface area contributed by atoms with Gasteiger partial charge in [-0.3, -0.25) is 14.5 Å². The highest BCUT2D eigenvalue weighted by Crippen LogP contribution is 2.43. The zero-order valence-corrected chi connectivity index (χ0v) is 19.7. The van der Waals surface area contributed by atoms with Crippen molar-refractivity contribution in [2.24, 2.45) is 0 Å². The largest absolute Gasteiger partial charge is 0.503 e. The maximum Gasteiger partial charge on any atom is 0.294 e. The number of thiophene rings is 1. The van der Waals surface area contributed by atoms with Gasteiger partial charge in [0.25, 0.3) is 5.91 Å². The molecule has 6 heteroatoms. The number of anilines is 1. The van der Waals surface area contributed by atoms with Crippen LogP contribution in [0.2, 0.25) is 0 Å². The summed E-state index contributed by atoms with van der Waals surface area (Å²) in [5.41, 5.74) is 1.76. The van der Waals surface area contributed by atoms with Crippen LogP contribution < -0.4 is 9.64 Å². The highest BCUT2D eigenvalue weighted by molar-refractivity contribution is 7.10. The third-order valence-corrected chi connectivity index (χ3v) is 6.82. The highest BCUT2D eigenvalue weighted by Gasteiger charge is 2.44. The van der Waals surface area contributed by atoms with Crippen LogP contribution in [0.5, 0.6) is 11.5 Å². The van der Waals surface area contributed by atoms with E-state index in [0.29, 0.717) is 23.6 Å². The van der Waals surface area contributed by atoms with Gasteiger partial charge in [0.2, 0.25) is 0 Å². The number of aryl methyl sites for hydroxylation is 1. The lowest BCUT2D eigenvalue weighted by atomic mass is 9.97. The van der Waals surface area contributed by atoms with E-state index in [4.69, 9.17) is 4.74 Å². The van der Waals surface area contributed by atoms with E-state index >= 15 is 0 Å². The van der Waals surface area contributed by atoms with Gasteiger partial charge in [-0.05, 0) is 59.8 Å². The molecule has 5 nitrogen and oxygen atoms in total. The van der Waals surface area contributed by atoms with Crippen LogP contribution >= 0.6 is 11.3 Å². The number of Topliss-reactive ketones (excluding diaryl/α,β-unsaturated/α-hetero) is 1. The first kappa shape index (κ1) is 22.6. The number of amides is 1. The molecule has 0 saturated carbocycles. The average Bonchev–Trinajstić information content (AvgIpc) is 3.51. The van der Waals surface area contributed by atoms with Crippen molar-refractivity contribution in [2.75, 3.05) is 4.90 Å². The van der Waals surface area contributed by atoms with Crippen LogP contribution in [0, 0.1) is 0 Å². The number of para-hydroxylation sites is 1. The van der Waals surface area contributed by atoms with Gasteiger partial charge in [-0.1, -0.05) is 54.6 Å². The van der Waals surface area contributed by atoms with E-state index in [2.05, 4.69) is 0 Å². The molecule has 1 aliphatic rings. The second-order valence-corrected chi connectivity index (χ2v) is 9.15. The van der Waals surface area contributed by atoms with Gasteiger partial charge in [-0.15, -0.1) is 11.3 Å². The number of benzene rings is 3. The lowest BCUT2D eigenvalue weighted by molar-refractivity contribution is -0.118. The standard InChI is InChI=1S/C29H23NO4S/c31-24(18-13-20-8-3-1-4-9-20)26-27(25-12-7-19-35-25)30(29(33)28(26)32)21-14-16-23(17-15-21)34-22-10-5-2-6-11-22/h1-12,14-17,19,27,32H,13,18H2. The molecule has 35 heavy (non-hydrogen) atoms. The van der Waals surface area contributed by atoms with Gasteiger partial charge in [0.1, 0.15) is 17.5 Å². The lowest BCUT2D eigenvalue weighted by Gasteiger charge is -2.26. The third kappa shape index (κ3) is 4.74. The third-order valence-electron chi connectivity index (χ3n) is 5.90. The molecule has 174 valence electrons. The molecule has 1 aliphatic heterocycles. The van der Waals surface area contributed by atoms with Crippen molar-refractivity contribution in [3.05, 3.63) is 124 Å². The number of aliphatic hydroxyl groups excluding tert-OH is 1. The zero-order chi connectivity index (χ0) is 24.2. The number of aliphatic hydroxyl groups is 1. The lowest BCUT2D eigenvalue weighted by Crippen LogP contribution is -2.30. The fourth-order valence-electron chi connectivity index (χ4n) is 4.21. The quantitative estimate of drug-likeness (QED) is 0.306. The van der Waals surface area contributed by atoms with Crippen LogP contribution in [-0.4, -0.2) is 16.8 Å². The van der Waals surface area contributed by atoms with Gasteiger partial charge in [0.05, 0.1) is 5.57 Å². The van der Waals surface area contributed by atoms with Gasteiger partial charge < -0.3 is 9.84 Å². The van der Waals surface area contributed by atoms with E-state index in [1.54, 1.807) is 24.3 Å². The second kappa shape index (κ2) is 9.99. The molecule has 0 bridgehead atoms. The van der Waals surface area contributed by atoms with Gasteiger partial charge in [0.15, 0.2) is 11.5 Å². The summed E-state index contributed by atoms with van der Waals surface area (Å²) in [6.45, 7) is 0. The molecular weight excluding hydrogens is 458 g/mol. The van der Waals surface area contributed by atoms with E-state index in [0.717, 1.165) is 10.4 Å². The number of ether oxygens (including phenoxy) is 1. The zero-order valence-electron chi connectivity index (χ0n) is 18.8. The average molecular weight is 482 g/mol. The van der Waals surface area contributed by atoms with E-state index in [1.165, 1.54) is 16.2 Å². The molecule has 1 unspecified atom stereocenters. The summed E-state index contributed by atoms with van der Waals surface area (Å²) in [7, 11) is 0. The van der Waals surface area contributed by atoms with Crippen molar-refractivity contribution in [3.8, 4) is 11.5 Å². The Kier molecular flexibility index (Phi) is 6.46. The van der Waals surface area contributed by atoms with E-state index < -0.39 is 17.7 Å². The van der Waals surface area contributed by atoms with Crippen LogP contribution in [-0.2, 0) is 16.0 Å². The van der Waals surface area contributed by atoms with Crippen molar-refractivity contribution >= 4 is 28.7 Å². The summed E-state index contributed by atoms with van der Waals surface area (Å²) in [6, 6.07) is 29.3. The Morgan fingerprint density at radius 1 is 0.857 bits per heavy atom. The Morgan fingerprint density at radius 3 is 2.17 bits per heavy atom. The monoisotopic (exact) mass is 481 g/mol. The Balaban J connectivity index is 1.42. The summed E-state index contributed by atoms with van der Waals surface area (Å²) in [6.07, 6.45) is 0.740. The first-order valence-electron chi connectivity index (χ1n) is 11.3.